The molecule has 0 aromatic heterocycles. The van der Waals surface area contributed by atoms with Crippen molar-refractivity contribution in [3.63, 3.8) is 0 Å². The molecule has 0 saturated heterocycles. The summed E-state index contributed by atoms with van der Waals surface area (Å²) in [7, 11) is 3.51. The molecule has 0 aliphatic carbocycles. The van der Waals surface area contributed by atoms with Gasteiger partial charge in [0.15, 0.2) is 0 Å². The minimum Gasteiger partial charge on any atom is -0.285 e. The van der Waals surface area contributed by atoms with E-state index < -0.39 is 0 Å². The Kier molecular flexibility index (Phi) is 5.27. The predicted octanol–water partition coefficient (Wildman–Crippen LogP) is 1.50. The zero-order valence-corrected chi connectivity index (χ0v) is 10.9. The highest BCUT2D eigenvalue weighted by molar-refractivity contribution is 6.14. The third-order valence-electron chi connectivity index (χ3n) is 2.47. The molecular weight excluding hydrogens is 228 g/mol. The standard InChI is InChI=1S/C14H17N2O2/c1-4-16(15(2)3)14(18)13(11-17)10-12-8-6-5-7-9-12/h5-10H,4H2,1-3H3. The van der Waals surface area contributed by atoms with Gasteiger partial charge in [0.2, 0.25) is 6.29 Å². The molecule has 0 bridgehead atoms. The Labute approximate surface area is 107 Å². The second-order valence-corrected chi connectivity index (χ2v) is 3.94. The van der Waals surface area contributed by atoms with E-state index in [4.69, 9.17) is 0 Å². The summed E-state index contributed by atoms with van der Waals surface area (Å²) in [5, 5.41) is 3.12. The van der Waals surface area contributed by atoms with Crippen LogP contribution in [0.2, 0.25) is 0 Å². The SMILES string of the molecule is CCN(C(=O)C([C]=O)=Cc1ccccc1)N(C)C. The van der Waals surface area contributed by atoms with Gasteiger partial charge in [-0.05, 0) is 18.6 Å². The van der Waals surface area contributed by atoms with Gasteiger partial charge in [0.05, 0.1) is 5.57 Å². The molecule has 1 aromatic carbocycles. The third kappa shape index (κ3) is 3.53. The van der Waals surface area contributed by atoms with Crippen molar-refractivity contribution < 1.29 is 9.59 Å². The van der Waals surface area contributed by atoms with Crippen LogP contribution in [-0.4, -0.2) is 42.9 Å². The van der Waals surface area contributed by atoms with E-state index in [0.29, 0.717) is 6.54 Å². The van der Waals surface area contributed by atoms with Gasteiger partial charge in [-0.3, -0.25) is 14.6 Å². The Morgan fingerprint density at radius 2 is 1.89 bits per heavy atom. The van der Waals surface area contributed by atoms with Gasteiger partial charge >= 0.3 is 0 Å². The summed E-state index contributed by atoms with van der Waals surface area (Å²) in [6.07, 6.45) is 3.26. The van der Waals surface area contributed by atoms with Gasteiger partial charge in [-0.1, -0.05) is 30.3 Å². The van der Waals surface area contributed by atoms with Crippen molar-refractivity contribution in [1.82, 2.24) is 10.0 Å². The molecule has 0 saturated carbocycles. The highest BCUT2D eigenvalue weighted by atomic mass is 16.2. The number of rotatable bonds is 5. The zero-order chi connectivity index (χ0) is 13.5. The maximum Gasteiger partial charge on any atom is 0.272 e. The van der Waals surface area contributed by atoms with Crippen molar-refractivity contribution in [2.45, 2.75) is 6.92 Å². The number of hydrazine groups is 1. The van der Waals surface area contributed by atoms with Crippen LogP contribution >= 0.6 is 0 Å². The van der Waals surface area contributed by atoms with Gasteiger partial charge in [0.25, 0.3) is 5.91 Å². The van der Waals surface area contributed by atoms with Crippen LogP contribution in [-0.2, 0) is 9.59 Å². The highest BCUT2D eigenvalue weighted by Crippen LogP contribution is 2.08. The second kappa shape index (κ2) is 6.71. The van der Waals surface area contributed by atoms with Gasteiger partial charge in [0.1, 0.15) is 0 Å². The van der Waals surface area contributed by atoms with Crippen LogP contribution in [0.5, 0.6) is 0 Å². The molecule has 0 unspecified atom stereocenters. The largest absolute Gasteiger partial charge is 0.285 e. The fraction of sp³-hybridized carbons (Fsp3) is 0.286. The molecule has 0 N–H and O–H groups in total. The molecule has 1 radical (unpaired) electrons. The summed E-state index contributed by atoms with van der Waals surface area (Å²) in [6.45, 7) is 2.35. The number of hydrogen-bond acceptors (Lipinski definition) is 3. The molecule has 4 heteroatoms. The number of amides is 1. The van der Waals surface area contributed by atoms with E-state index in [-0.39, 0.29) is 11.5 Å². The molecule has 1 aromatic rings. The van der Waals surface area contributed by atoms with E-state index in [1.807, 2.05) is 37.3 Å². The summed E-state index contributed by atoms with van der Waals surface area (Å²) >= 11 is 0. The monoisotopic (exact) mass is 245 g/mol. The third-order valence-corrected chi connectivity index (χ3v) is 2.47. The van der Waals surface area contributed by atoms with E-state index in [0.717, 1.165) is 5.56 Å². The fourth-order valence-electron chi connectivity index (χ4n) is 1.60. The fourth-order valence-corrected chi connectivity index (χ4v) is 1.60. The number of benzene rings is 1. The van der Waals surface area contributed by atoms with Gasteiger partial charge < -0.3 is 0 Å². The summed E-state index contributed by atoms with van der Waals surface area (Å²) in [6, 6.07) is 9.24. The first-order valence-electron chi connectivity index (χ1n) is 5.74. The van der Waals surface area contributed by atoms with E-state index in [1.165, 1.54) is 5.01 Å². The summed E-state index contributed by atoms with van der Waals surface area (Å²) in [4.78, 5) is 23.0. The molecule has 18 heavy (non-hydrogen) atoms. The predicted molar refractivity (Wildman–Crippen MR) is 71.2 cm³/mol. The Bertz CT molecular complexity index is 438. The minimum atomic E-state index is -0.346. The number of likely N-dealkylation sites (N-methyl/N-ethyl adjacent to an activating group) is 1. The smallest absolute Gasteiger partial charge is 0.272 e. The summed E-state index contributed by atoms with van der Waals surface area (Å²) in [5.74, 6) is -0.346. The van der Waals surface area contributed by atoms with Crippen molar-refractivity contribution in [3.05, 3.63) is 41.5 Å². The van der Waals surface area contributed by atoms with Crippen molar-refractivity contribution in [3.8, 4) is 0 Å². The lowest BCUT2D eigenvalue weighted by atomic mass is 10.1. The molecule has 0 aliphatic rings. The van der Waals surface area contributed by atoms with E-state index in [2.05, 4.69) is 0 Å². The topological polar surface area (TPSA) is 40.6 Å². The average molecular weight is 245 g/mol. The lowest BCUT2D eigenvalue weighted by molar-refractivity contribution is -0.139. The first-order valence-corrected chi connectivity index (χ1v) is 5.74. The van der Waals surface area contributed by atoms with Crippen LogP contribution in [0.15, 0.2) is 35.9 Å². The van der Waals surface area contributed by atoms with Gasteiger partial charge in [0, 0.05) is 20.6 Å². The Hall–Kier alpha value is -1.94. The molecule has 1 amide bonds. The van der Waals surface area contributed by atoms with Crippen LogP contribution in [0.4, 0.5) is 0 Å². The van der Waals surface area contributed by atoms with Gasteiger partial charge in [-0.2, -0.15) is 0 Å². The maximum absolute atomic E-state index is 12.1. The Balaban J connectivity index is 3.00. The van der Waals surface area contributed by atoms with Crippen LogP contribution in [0.3, 0.4) is 0 Å². The number of carbonyl (C=O) groups excluding carboxylic acids is 2. The first-order chi connectivity index (χ1) is 8.60. The van der Waals surface area contributed by atoms with Crippen LogP contribution in [0, 0.1) is 0 Å². The van der Waals surface area contributed by atoms with Crippen molar-refractivity contribution >= 4 is 18.3 Å². The average Bonchev–Trinajstić information content (AvgIpc) is 2.37. The number of carbonyl (C=O) groups is 1. The molecule has 0 aliphatic heterocycles. The molecule has 0 fully saturated rings. The van der Waals surface area contributed by atoms with Crippen LogP contribution < -0.4 is 0 Å². The second-order valence-electron chi connectivity index (χ2n) is 3.94. The lowest BCUT2D eigenvalue weighted by Crippen LogP contribution is -2.42. The molecule has 0 atom stereocenters. The van der Waals surface area contributed by atoms with Crippen molar-refractivity contribution in [2.24, 2.45) is 0 Å². The van der Waals surface area contributed by atoms with Crippen molar-refractivity contribution in [2.75, 3.05) is 20.6 Å². The number of nitrogens with zero attached hydrogens (tertiary/aromatic N) is 2. The lowest BCUT2D eigenvalue weighted by Gasteiger charge is -2.27. The normalized spacial score (nSPS) is 11.4. The summed E-state index contributed by atoms with van der Waals surface area (Å²) in [5.41, 5.74) is 0.829. The van der Waals surface area contributed by atoms with Crippen molar-refractivity contribution in [1.29, 1.82) is 0 Å². The van der Waals surface area contributed by atoms with Gasteiger partial charge in [-0.25, -0.2) is 5.01 Å². The van der Waals surface area contributed by atoms with E-state index >= 15 is 0 Å². The quantitative estimate of drug-likeness (QED) is 0.342. The Morgan fingerprint density at radius 3 is 2.33 bits per heavy atom. The van der Waals surface area contributed by atoms with Crippen LogP contribution in [0.25, 0.3) is 6.08 Å². The molecular formula is C14H17N2O2. The summed E-state index contributed by atoms with van der Waals surface area (Å²) < 4.78 is 0. The van der Waals surface area contributed by atoms with E-state index in [9.17, 15) is 9.59 Å². The maximum atomic E-state index is 12.1. The molecule has 1 rings (SSSR count). The first kappa shape index (κ1) is 14.1. The highest BCUT2D eigenvalue weighted by Gasteiger charge is 2.18. The molecule has 4 nitrogen and oxygen atoms in total. The zero-order valence-electron chi connectivity index (χ0n) is 10.9. The number of hydrogen-bond donors (Lipinski definition) is 0. The molecule has 95 valence electrons. The minimum absolute atomic E-state index is 0.0248. The van der Waals surface area contributed by atoms with Gasteiger partial charge in [-0.15, -0.1) is 0 Å². The van der Waals surface area contributed by atoms with E-state index in [1.54, 1.807) is 31.5 Å². The Morgan fingerprint density at radius 1 is 1.28 bits per heavy atom. The molecule has 0 heterocycles. The molecule has 0 spiro atoms. The van der Waals surface area contributed by atoms with Crippen LogP contribution in [0.1, 0.15) is 12.5 Å².